The summed E-state index contributed by atoms with van der Waals surface area (Å²) >= 11 is 5.71. The molecule has 0 aliphatic heterocycles. The number of halogens is 4. The molecule has 0 bridgehead atoms. The fourth-order valence-electron chi connectivity index (χ4n) is 2.08. The van der Waals surface area contributed by atoms with Crippen LogP contribution in [0.4, 0.5) is 19.0 Å². The van der Waals surface area contributed by atoms with Crippen molar-refractivity contribution in [2.45, 2.75) is 12.9 Å². The van der Waals surface area contributed by atoms with E-state index in [4.69, 9.17) is 11.6 Å². The minimum atomic E-state index is -4.77. The molecule has 0 atom stereocenters. The molecule has 1 amide bonds. The first-order valence-electron chi connectivity index (χ1n) is 7.16. The molecule has 0 aliphatic carbocycles. The molecule has 1 aromatic heterocycles. The number of para-hydroxylation sites is 1. The van der Waals surface area contributed by atoms with Gasteiger partial charge in [0.1, 0.15) is 11.6 Å². The van der Waals surface area contributed by atoms with Crippen molar-refractivity contribution in [3.05, 3.63) is 53.2 Å². The lowest BCUT2D eigenvalue weighted by Gasteiger charge is -2.19. The quantitative estimate of drug-likeness (QED) is 0.838. The van der Waals surface area contributed by atoms with Crippen molar-refractivity contribution in [3.8, 4) is 5.75 Å². The van der Waals surface area contributed by atoms with Crippen molar-refractivity contribution < 1.29 is 22.7 Å². The minimum Gasteiger partial charge on any atom is -0.405 e. The van der Waals surface area contributed by atoms with Crippen LogP contribution in [0.25, 0.3) is 0 Å². The van der Waals surface area contributed by atoms with E-state index in [0.29, 0.717) is 16.4 Å². The molecule has 0 saturated carbocycles. The lowest BCUT2D eigenvalue weighted by Crippen LogP contribution is -2.30. The van der Waals surface area contributed by atoms with Gasteiger partial charge in [-0.3, -0.25) is 9.69 Å². The number of nitrogens with zero attached hydrogens (tertiary/aromatic N) is 2. The van der Waals surface area contributed by atoms with Gasteiger partial charge in [0.25, 0.3) is 0 Å². The number of anilines is 1. The summed E-state index contributed by atoms with van der Waals surface area (Å²) in [5.74, 6) is -0.309. The number of rotatable bonds is 6. The van der Waals surface area contributed by atoms with Crippen molar-refractivity contribution in [2.24, 2.45) is 0 Å². The SMILES string of the molecule is CN(CC(=O)Nc1ccc(Cl)cn1)Cc1ccccc1OC(F)(F)F. The van der Waals surface area contributed by atoms with E-state index < -0.39 is 6.36 Å². The molecule has 5 nitrogen and oxygen atoms in total. The van der Waals surface area contributed by atoms with Gasteiger partial charge >= 0.3 is 6.36 Å². The summed E-state index contributed by atoms with van der Waals surface area (Å²) in [7, 11) is 1.61. The number of nitrogens with one attached hydrogen (secondary N) is 1. The van der Waals surface area contributed by atoms with E-state index in [0.717, 1.165) is 0 Å². The number of pyridine rings is 1. The first-order chi connectivity index (χ1) is 11.7. The number of aromatic nitrogens is 1. The zero-order valence-corrected chi connectivity index (χ0v) is 13.9. The van der Waals surface area contributed by atoms with Crippen LogP contribution in [-0.4, -0.2) is 35.7 Å². The summed E-state index contributed by atoms with van der Waals surface area (Å²) in [4.78, 5) is 17.5. The largest absolute Gasteiger partial charge is 0.573 e. The predicted octanol–water partition coefficient (Wildman–Crippen LogP) is 3.70. The van der Waals surface area contributed by atoms with Crippen LogP contribution in [0.1, 0.15) is 5.56 Å². The predicted molar refractivity (Wildman–Crippen MR) is 87.3 cm³/mol. The summed E-state index contributed by atoms with van der Waals surface area (Å²) in [6.07, 6.45) is -3.38. The Kier molecular flexibility index (Phi) is 6.22. The van der Waals surface area contributed by atoms with Crippen LogP contribution in [-0.2, 0) is 11.3 Å². The maximum absolute atomic E-state index is 12.4. The fourth-order valence-corrected chi connectivity index (χ4v) is 2.19. The number of carbonyl (C=O) groups excluding carboxylic acids is 1. The summed E-state index contributed by atoms with van der Waals surface area (Å²) in [6.45, 7) is 0.0678. The Hall–Kier alpha value is -2.32. The van der Waals surface area contributed by atoms with Crippen LogP contribution in [0.5, 0.6) is 5.75 Å². The van der Waals surface area contributed by atoms with E-state index in [-0.39, 0.29) is 24.7 Å². The Balaban J connectivity index is 1.94. The molecule has 1 heterocycles. The molecule has 2 aromatic rings. The number of hydrogen-bond donors (Lipinski definition) is 1. The molecule has 0 fully saturated rings. The number of carbonyl (C=O) groups is 1. The summed E-state index contributed by atoms with van der Waals surface area (Å²) in [5, 5.41) is 3.02. The van der Waals surface area contributed by atoms with Gasteiger partial charge in [-0.2, -0.15) is 0 Å². The summed E-state index contributed by atoms with van der Waals surface area (Å²) in [5.41, 5.74) is 0.319. The Morgan fingerprint density at radius 3 is 2.64 bits per heavy atom. The molecule has 0 saturated heterocycles. The van der Waals surface area contributed by atoms with Crippen LogP contribution < -0.4 is 10.1 Å². The van der Waals surface area contributed by atoms with Gasteiger partial charge < -0.3 is 10.1 Å². The Morgan fingerprint density at radius 2 is 2.00 bits per heavy atom. The van der Waals surface area contributed by atoms with Crippen LogP contribution in [0.2, 0.25) is 5.02 Å². The normalized spacial score (nSPS) is 11.4. The molecule has 0 aliphatic rings. The van der Waals surface area contributed by atoms with Gasteiger partial charge in [-0.1, -0.05) is 29.8 Å². The summed E-state index contributed by atoms with van der Waals surface area (Å²) < 4.78 is 41.3. The molecular formula is C16H15ClF3N3O2. The maximum atomic E-state index is 12.4. The van der Waals surface area contributed by atoms with Crippen LogP contribution in [0.15, 0.2) is 42.6 Å². The van der Waals surface area contributed by atoms with Gasteiger partial charge in [0.15, 0.2) is 0 Å². The van der Waals surface area contributed by atoms with Gasteiger partial charge in [0.2, 0.25) is 5.91 Å². The van der Waals surface area contributed by atoms with Gasteiger partial charge in [0.05, 0.1) is 11.6 Å². The molecule has 1 N–H and O–H groups in total. The van der Waals surface area contributed by atoms with Gasteiger partial charge in [-0.15, -0.1) is 13.2 Å². The number of amides is 1. The first-order valence-corrected chi connectivity index (χ1v) is 7.54. The molecule has 0 unspecified atom stereocenters. The molecule has 25 heavy (non-hydrogen) atoms. The minimum absolute atomic E-state index is 0.0370. The molecule has 0 radical (unpaired) electrons. The Bertz CT molecular complexity index is 723. The van der Waals surface area contributed by atoms with E-state index in [1.54, 1.807) is 30.1 Å². The van der Waals surface area contributed by atoms with E-state index in [9.17, 15) is 18.0 Å². The molecule has 2 rings (SSSR count). The molecule has 1 aromatic carbocycles. The average molecular weight is 374 g/mol. The molecular weight excluding hydrogens is 359 g/mol. The van der Waals surface area contributed by atoms with Gasteiger partial charge in [-0.05, 0) is 25.2 Å². The standard InChI is InChI=1S/C16H15ClF3N3O2/c1-23(10-15(24)22-14-7-6-12(17)8-21-14)9-11-4-2-3-5-13(11)25-16(18,19)20/h2-8H,9-10H2,1H3,(H,21,22,24). The molecule has 134 valence electrons. The van der Waals surface area contributed by atoms with Crippen LogP contribution in [0, 0.1) is 0 Å². The van der Waals surface area contributed by atoms with Crippen molar-refractivity contribution in [3.63, 3.8) is 0 Å². The second-order valence-corrected chi connectivity index (χ2v) is 5.67. The second kappa shape index (κ2) is 8.17. The van der Waals surface area contributed by atoms with E-state index >= 15 is 0 Å². The van der Waals surface area contributed by atoms with E-state index in [2.05, 4.69) is 15.0 Å². The Morgan fingerprint density at radius 1 is 1.28 bits per heavy atom. The number of alkyl halides is 3. The topological polar surface area (TPSA) is 54.5 Å². The summed E-state index contributed by atoms with van der Waals surface area (Å²) in [6, 6.07) is 8.92. The molecule has 9 heteroatoms. The van der Waals surface area contributed by atoms with Crippen molar-refractivity contribution in [1.29, 1.82) is 0 Å². The smallest absolute Gasteiger partial charge is 0.405 e. The van der Waals surface area contributed by atoms with E-state index in [1.165, 1.54) is 24.4 Å². The highest BCUT2D eigenvalue weighted by Gasteiger charge is 2.32. The van der Waals surface area contributed by atoms with Crippen molar-refractivity contribution in [1.82, 2.24) is 9.88 Å². The zero-order chi connectivity index (χ0) is 18.4. The van der Waals surface area contributed by atoms with Gasteiger partial charge in [0, 0.05) is 18.3 Å². The van der Waals surface area contributed by atoms with Crippen LogP contribution >= 0.6 is 11.6 Å². The number of likely N-dealkylation sites (N-methyl/N-ethyl adjacent to an activating group) is 1. The van der Waals surface area contributed by atoms with Gasteiger partial charge in [-0.25, -0.2) is 4.98 Å². The number of hydrogen-bond acceptors (Lipinski definition) is 4. The maximum Gasteiger partial charge on any atom is 0.573 e. The first kappa shape index (κ1) is 19.0. The van der Waals surface area contributed by atoms with E-state index in [1.807, 2.05) is 0 Å². The Labute approximate surface area is 147 Å². The third-order valence-electron chi connectivity index (χ3n) is 3.05. The monoisotopic (exact) mass is 373 g/mol. The zero-order valence-electron chi connectivity index (χ0n) is 13.2. The highest BCUT2D eigenvalue weighted by Crippen LogP contribution is 2.26. The fraction of sp³-hybridized carbons (Fsp3) is 0.250. The third-order valence-corrected chi connectivity index (χ3v) is 3.27. The lowest BCUT2D eigenvalue weighted by molar-refractivity contribution is -0.275. The average Bonchev–Trinajstić information content (AvgIpc) is 2.50. The third kappa shape index (κ3) is 6.60. The number of benzene rings is 1. The lowest BCUT2D eigenvalue weighted by atomic mass is 10.2. The molecule has 0 spiro atoms. The second-order valence-electron chi connectivity index (χ2n) is 5.24. The number of ether oxygens (including phenoxy) is 1. The highest BCUT2D eigenvalue weighted by atomic mass is 35.5. The van der Waals surface area contributed by atoms with Crippen molar-refractivity contribution in [2.75, 3.05) is 18.9 Å². The van der Waals surface area contributed by atoms with Crippen LogP contribution in [0.3, 0.4) is 0 Å². The highest BCUT2D eigenvalue weighted by molar-refractivity contribution is 6.30. The van der Waals surface area contributed by atoms with Crippen molar-refractivity contribution >= 4 is 23.3 Å².